The number of fused-ring (bicyclic) bond motifs is 1. The van der Waals surface area contributed by atoms with Crippen LogP contribution < -0.4 is 14.8 Å². The van der Waals surface area contributed by atoms with Crippen LogP contribution in [0, 0.1) is 5.92 Å². The van der Waals surface area contributed by atoms with E-state index in [-0.39, 0.29) is 0 Å². The van der Waals surface area contributed by atoms with Gasteiger partial charge in [0.15, 0.2) is 11.5 Å². The van der Waals surface area contributed by atoms with E-state index in [9.17, 15) is 0 Å². The van der Waals surface area contributed by atoms with Crippen LogP contribution >= 0.6 is 0 Å². The number of benzene rings is 1. The molecule has 0 aromatic heterocycles. The highest BCUT2D eigenvalue weighted by Crippen LogP contribution is 2.34. The van der Waals surface area contributed by atoms with Crippen LogP contribution in [0.2, 0.25) is 0 Å². The van der Waals surface area contributed by atoms with E-state index >= 15 is 0 Å². The summed E-state index contributed by atoms with van der Waals surface area (Å²) in [6.45, 7) is 3.84. The van der Waals surface area contributed by atoms with Gasteiger partial charge in [0.1, 0.15) is 0 Å². The molecule has 1 heterocycles. The van der Waals surface area contributed by atoms with Crippen molar-refractivity contribution in [2.45, 2.75) is 45.1 Å². The van der Waals surface area contributed by atoms with E-state index in [1.165, 1.54) is 25.7 Å². The molecule has 1 saturated carbocycles. The van der Waals surface area contributed by atoms with Gasteiger partial charge in [-0.15, -0.1) is 0 Å². The summed E-state index contributed by atoms with van der Waals surface area (Å²) in [6.07, 6.45) is 6.28. The van der Waals surface area contributed by atoms with E-state index in [0.29, 0.717) is 6.04 Å². The Morgan fingerprint density at radius 1 is 1.00 bits per heavy atom. The summed E-state index contributed by atoms with van der Waals surface area (Å²) in [7, 11) is 0. The third-order valence-electron chi connectivity index (χ3n) is 4.21. The van der Waals surface area contributed by atoms with Crippen LogP contribution in [0.15, 0.2) is 18.2 Å². The Bertz CT molecular complexity index is 433. The molecule has 19 heavy (non-hydrogen) atoms. The zero-order chi connectivity index (χ0) is 13.1. The van der Waals surface area contributed by atoms with Crippen molar-refractivity contribution in [3.8, 4) is 11.5 Å². The predicted molar refractivity (Wildman–Crippen MR) is 77.1 cm³/mol. The summed E-state index contributed by atoms with van der Waals surface area (Å²) in [5.41, 5.74) is 1.16. The average Bonchev–Trinajstić information content (AvgIpc) is 2.66. The normalized spacial score (nSPS) is 26.6. The molecule has 2 unspecified atom stereocenters. The molecule has 1 aromatic rings. The predicted octanol–water partition coefficient (Wildman–Crippen LogP) is 3.84. The van der Waals surface area contributed by atoms with Crippen molar-refractivity contribution in [1.29, 1.82) is 0 Å². The highest BCUT2D eigenvalue weighted by atomic mass is 16.5. The Morgan fingerprint density at radius 2 is 1.79 bits per heavy atom. The van der Waals surface area contributed by atoms with Crippen molar-refractivity contribution in [2.75, 3.05) is 18.5 Å². The van der Waals surface area contributed by atoms with Gasteiger partial charge in [-0.1, -0.05) is 19.8 Å². The Hall–Kier alpha value is -1.38. The molecule has 3 rings (SSSR count). The minimum atomic E-state index is 0.596. The van der Waals surface area contributed by atoms with Gasteiger partial charge in [0.25, 0.3) is 0 Å². The van der Waals surface area contributed by atoms with E-state index in [0.717, 1.165) is 42.7 Å². The fourth-order valence-corrected chi connectivity index (χ4v) is 3.00. The fraction of sp³-hybridized carbons (Fsp3) is 0.625. The van der Waals surface area contributed by atoms with Gasteiger partial charge in [-0.05, 0) is 30.9 Å². The number of hydrogen-bond acceptors (Lipinski definition) is 3. The van der Waals surface area contributed by atoms with Crippen LogP contribution in [0.25, 0.3) is 0 Å². The van der Waals surface area contributed by atoms with E-state index in [2.05, 4.69) is 24.4 Å². The van der Waals surface area contributed by atoms with Crippen LogP contribution in [-0.4, -0.2) is 19.3 Å². The van der Waals surface area contributed by atoms with E-state index in [1.54, 1.807) is 0 Å². The molecule has 1 N–H and O–H groups in total. The number of ether oxygens (including phenoxy) is 2. The van der Waals surface area contributed by atoms with Crippen molar-refractivity contribution in [3.63, 3.8) is 0 Å². The minimum Gasteiger partial charge on any atom is -0.490 e. The molecule has 3 heteroatoms. The lowest BCUT2D eigenvalue weighted by atomic mass is 9.86. The van der Waals surface area contributed by atoms with Gasteiger partial charge >= 0.3 is 0 Å². The minimum absolute atomic E-state index is 0.596. The Kier molecular flexibility index (Phi) is 3.81. The van der Waals surface area contributed by atoms with Gasteiger partial charge in [-0.3, -0.25) is 0 Å². The van der Waals surface area contributed by atoms with Gasteiger partial charge < -0.3 is 14.8 Å². The lowest BCUT2D eigenvalue weighted by Gasteiger charge is -2.30. The molecule has 0 amide bonds. The molecular formula is C16H23NO2. The highest BCUT2D eigenvalue weighted by Gasteiger charge is 2.21. The van der Waals surface area contributed by atoms with Crippen molar-refractivity contribution < 1.29 is 9.47 Å². The number of nitrogens with one attached hydrogen (secondary N) is 1. The number of hydrogen-bond donors (Lipinski definition) is 1. The first kappa shape index (κ1) is 12.6. The zero-order valence-electron chi connectivity index (χ0n) is 11.7. The molecule has 1 aliphatic heterocycles. The molecule has 1 fully saturated rings. The van der Waals surface area contributed by atoms with Crippen molar-refractivity contribution in [3.05, 3.63) is 18.2 Å². The Labute approximate surface area is 115 Å². The number of anilines is 1. The SMILES string of the molecule is CC1CCCCC1Nc1ccc2c(c1)OCCCO2. The first-order chi connectivity index (χ1) is 9.33. The van der Waals surface area contributed by atoms with Gasteiger partial charge in [0.05, 0.1) is 13.2 Å². The molecule has 2 atom stereocenters. The van der Waals surface area contributed by atoms with Crippen molar-refractivity contribution in [1.82, 2.24) is 0 Å². The maximum Gasteiger partial charge on any atom is 0.163 e. The summed E-state index contributed by atoms with van der Waals surface area (Å²) in [4.78, 5) is 0. The third kappa shape index (κ3) is 2.96. The Morgan fingerprint density at radius 3 is 2.63 bits per heavy atom. The average molecular weight is 261 g/mol. The second-order valence-electron chi connectivity index (χ2n) is 5.72. The molecule has 104 valence electrons. The van der Waals surface area contributed by atoms with Crippen LogP contribution in [0.4, 0.5) is 5.69 Å². The van der Waals surface area contributed by atoms with Crippen LogP contribution in [0.5, 0.6) is 11.5 Å². The molecule has 0 radical (unpaired) electrons. The third-order valence-corrected chi connectivity index (χ3v) is 4.21. The summed E-state index contributed by atoms with van der Waals surface area (Å²) in [5.74, 6) is 2.51. The second kappa shape index (κ2) is 5.72. The van der Waals surface area contributed by atoms with Crippen LogP contribution in [0.3, 0.4) is 0 Å². The Balaban J connectivity index is 1.72. The summed E-state index contributed by atoms with van der Waals surface area (Å²) in [6, 6.07) is 6.81. The molecule has 0 bridgehead atoms. The molecule has 1 aliphatic carbocycles. The summed E-state index contributed by atoms with van der Waals surface area (Å²) < 4.78 is 11.4. The topological polar surface area (TPSA) is 30.5 Å². The quantitative estimate of drug-likeness (QED) is 0.877. The number of rotatable bonds is 2. The molecule has 0 saturated heterocycles. The monoisotopic (exact) mass is 261 g/mol. The molecule has 3 nitrogen and oxygen atoms in total. The first-order valence-corrected chi connectivity index (χ1v) is 7.49. The van der Waals surface area contributed by atoms with Gasteiger partial charge in [0, 0.05) is 24.2 Å². The molecule has 2 aliphatic rings. The van der Waals surface area contributed by atoms with E-state index in [4.69, 9.17) is 9.47 Å². The summed E-state index contributed by atoms with van der Waals surface area (Å²) in [5, 5.41) is 3.67. The maximum atomic E-state index is 5.74. The maximum absolute atomic E-state index is 5.74. The lowest BCUT2D eigenvalue weighted by Crippen LogP contribution is -2.30. The van der Waals surface area contributed by atoms with Gasteiger partial charge in [0.2, 0.25) is 0 Å². The summed E-state index contributed by atoms with van der Waals surface area (Å²) >= 11 is 0. The van der Waals surface area contributed by atoms with Gasteiger partial charge in [-0.2, -0.15) is 0 Å². The smallest absolute Gasteiger partial charge is 0.163 e. The zero-order valence-corrected chi connectivity index (χ0v) is 11.7. The molecule has 0 spiro atoms. The van der Waals surface area contributed by atoms with Crippen molar-refractivity contribution >= 4 is 5.69 Å². The van der Waals surface area contributed by atoms with Crippen LogP contribution in [-0.2, 0) is 0 Å². The second-order valence-corrected chi connectivity index (χ2v) is 5.72. The largest absolute Gasteiger partial charge is 0.490 e. The highest BCUT2D eigenvalue weighted by molar-refractivity contribution is 5.55. The standard InChI is InChI=1S/C16H23NO2/c1-12-5-2-3-6-14(12)17-13-7-8-15-16(11-13)19-10-4-9-18-15/h7-8,11-12,14,17H,2-6,9-10H2,1H3. The lowest BCUT2D eigenvalue weighted by molar-refractivity contribution is 0.297. The van der Waals surface area contributed by atoms with Crippen molar-refractivity contribution in [2.24, 2.45) is 5.92 Å². The first-order valence-electron chi connectivity index (χ1n) is 7.49. The van der Waals surface area contributed by atoms with E-state index in [1.807, 2.05) is 6.07 Å². The molecular weight excluding hydrogens is 238 g/mol. The van der Waals surface area contributed by atoms with E-state index < -0.39 is 0 Å². The fourth-order valence-electron chi connectivity index (χ4n) is 3.00. The van der Waals surface area contributed by atoms with Crippen LogP contribution in [0.1, 0.15) is 39.0 Å². The molecule has 1 aromatic carbocycles. The van der Waals surface area contributed by atoms with Gasteiger partial charge in [-0.25, -0.2) is 0 Å².